The Balaban J connectivity index is 1.94. The van der Waals surface area contributed by atoms with Crippen LogP contribution in [-0.4, -0.2) is 21.3 Å². The maximum absolute atomic E-state index is 13.0. The van der Waals surface area contributed by atoms with Crippen LogP contribution >= 0.6 is 0 Å². The summed E-state index contributed by atoms with van der Waals surface area (Å²) >= 11 is 0. The van der Waals surface area contributed by atoms with Crippen molar-refractivity contribution in [3.63, 3.8) is 0 Å². The van der Waals surface area contributed by atoms with Gasteiger partial charge >= 0.3 is 6.18 Å². The standard InChI is InChI=1S/C20H21F3N2O2/c1-13-4-7-18(14(2)10-13)27-12-19-24-16-11-15(20(21,22)23)5-6-17(16)25(19)8-3-9-26/h4-7,10-11,26H,3,8-9,12H2,1-2H3. The van der Waals surface area contributed by atoms with E-state index in [1.54, 1.807) is 4.57 Å². The number of ether oxygens (including phenoxy) is 1. The number of aryl methyl sites for hydroxylation is 3. The first-order chi connectivity index (χ1) is 12.8. The summed E-state index contributed by atoms with van der Waals surface area (Å²) in [7, 11) is 0. The van der Waals surface area contributed by atoms with Crippen molar-refractivity contribution < 1.29 is 23.0 Å². The molecule has 144 valence electrons. The van der Waals surface area contributed by atoms with Gasteiger partial charge in [0.2, 0.25) is 0 Å². The van der Waals surface area contributed by atoms with Crippen LogP contribution in [0.4, 0.5) is 13.2 Å². The van der Waals surface area contributed by atoms with E-state index >= 15 is 0 Å². The van der Waals surface area contributed by atoms with E-state index in [0.717, 1.165) is 23.3 Å². The predicted molar refractivity (Wildman–Crippen MR) is 96.7 cm³/mol. The number of halogens is 3. The quantitative estimate of drug-likeness (QED) is 0.680. The van der Waals surface area contributed by atoms with Crippen molar-refractivity contribution in [3.8, 4) is 5.75 Å². The Morgan fingerprint density at radius 2 is 1.89 bits per heavy atom. The zero-order valence-corrected chi connectivity index (χ0v) is 15.2. The average Bonchev–Trinajstić information content (AvgIpc) is 2.95. The van der Waals surface area contributed by atoms with Crippen LogP contribution in [0.3, 0.4) is 0 Å². The van der Waals surface area contributed by atoms with Crippen molar-refractivity contribution in [2.45, 2.75) is 39.6 Å². The molecule has 0 amide bonds. The molecular formula is C20H21F3N2O2. The molecule has 0 radical (unpaired) electrons. The minimum atomic E-state index is -4.42. The second-order valence-corrected chi connectivity index (χ2v) is 6.52. The minimum absolute atomic E-state index is 0.0162. The van der Waals surface area contributed by atoms with Crippen LogP contribution in [-0.2, 0) is 19.3 Å². The van der Waals surface area contributed by atoms with Crippen LogP contribution < -0.4 is 4.74 Å². The van der Waals surface area contributed by atoms with Crippen LogP contribution in [0.2, 0.25) is 0 Å². The molecule has 7 heteroatoms. The zero-order valence-electron chi connectivity index (χ0n) is 15.2. The average molecular weight is 378 g/mol. The number of benzene rings is 2. The smallest absolute Gasteiger partial charge is 0.416 e. The van der Waals surface area contributed by atoms with Gasteiger partial charge in [-0.1, -0.05) is 17.7 Å². The van der Waals surface area contributed by atoms with Gasteiger partial charge in [0.25, 0.3) is 0 Å². The summed E-state index contributed by atoms with van der Waals surface area (Å²) < 4.78 is 46.6. The number of nitrogens with zero attached hydrogens (tertiary/aromatic N) is 2. The second-order valence-electron chi connectivity index (χ2n) is 6.52. The molecule has 0 aliphatic carbocycles. The lowest BCUT2D eigenvalue weighted by atomic mass is 10.1. The molecular weight excluding hydrogens is 357 g/mol. The van der Waals surface area contributed by atoms with Gasteiger partial charge in [0.15, 0.2) is 0 Å². The molecule has 1 heterocycles. The normalized spacial score (nSPS) is 11.9. The number of fused-ring (bicyclic) bond motifs is 1. The number of rotatable bonds is 6. The highest BCUT2D eigenvalue weighted by Gasteiger charge is 2.31. The number of aliphatic hydroxyl groups is 1. The number of aliphatic hydroxyl groups excluding tert-OH is 1. The summed E-state index contributed by atoms with van der Waals surface area (Å²) in [6, 6.07) is 9.32. The maximum atomic E-state index is 13.0. The van der Waals surface area contributed by atoms with E-state index in [4.69, 9.17) is 9.84 Å². The van der Waals surface area contributed by atoms with Crippen LogP contribution in [0.1, 0.15) is 28.9 Å². The van der Waals surface area contributed by atoms with Gasteiger partial charge in [-0.2, -0.15) is 13.2 Å². The van der Waals surface area contributed by atoms with Crippen LogP contribution in [0, 0.1) is 13.8 Å². The fourth-order valence-corrected chi connectivity index (χ4v) is 3.05. The Hall–Kier alpha value is -2.54. The van der Waals surface area contributed by atoms with Gasteiger partial charge in [-0.05, 0) is 50.1 Å². The molecule has 0 saturated carbocycles. The summed E-state index contributed by atoms with van der Waals surface area (Å²) in [5.74, 6) is 1.23. The van der Waals surface area contributed by atoms with E-state index in [9.17, 15) is 13.2 Å². The third-order valence-corrected chi connectivity index (χ3v) is 4.38. The summed E-state index contributed by atoms with van der Waals surface area (Å²) in [5.41, 5.74) is 2.23. The highest BCUT2D eigenvalue weighted by Crippen LogP contribution is 2.32. The summed E-state index contributed by atoms with van der Waals surface area (Å²) in [5, 5.41) is 9.14. The van der Waals surface area contributed by atoms with Crippen LogP contribution in [0.5, 0.6) is 5.75 Å². The van der Waals surface area contributed by atoms with Gasteiger partial charge in [-0.15, -0.1) is 0 Å². The molecule has 0 aliphatic heterocycles. The molecule has 3 aromatic rings. The zero-order chi connectivity index (χ0) is 19.6. The minimum Gasteiger partial charge on any atom is -0.485 e. The van der Waals surface area contributed by atoms with Crippen LogP contribution in [0.15, 0.2) is 36.4 Å². The maximum Gasteiger partial charge on any atom is 0.416 e. The molecule has 0 aliphatic rings. The lowest BCUT2D eigenvalue weighted by Gasteiger charge is -2.12. The third kappa shape index (κ3) is 4.24. The second kappa shape index (κ2) is 7.60. The van der Waals surface area contributed by atoms with Gasteiger partial charge in [-0.3, -0.25) is 0 Å². The Bertz CT molecular complexity index is 948. The number of hydrogen-bond donors (Lipinski definition) is 1. The predicted octanol–water partition coefficient (Wildman–Crippen LogP) is 4.63. The number of alkyl halides is 3. The van der Waals surface area contributed by atoms with Crippen molar-refractivity contribution in [1.82, 2.24) is 9.55 Å². The summed E-state index contributed by atoms with van der Waals surface area (Å²) in [6.45, 7) is 4.49. The topological polar surface area (TPSA) is 47.3 Å². The molecule has 0 spiro atoms. The van der Waals surface area contributed by atoms with Gasteiger partial charge in [0.05, 0.1) is 16.6 Å². The van der Waals surface area contributed by atoms with E-state index in [2.05, 4.69) is 4.98 Å². The van der Waals surface area contributed by atoms with E-state index in [0.29, 0.717) is 30.1 Å². The molecule has 4 nitrogen and oxygen atoms in total. The molecule has 3 rings (SSSR count). The first kappa shape index (κ1) is 19.2. The Labute approximate surface area is 155 Å². The molecule has 1 aromatic heterocycles. The van der Waals surface area contributed by atoms with E-state index < -0.39 is 11.7 Å². The number of hydrogen-bond acceptors (Lipinski definition) is 3. The number of imidazole rings is 1. The molecule has 0 fully saturated rings. The number of aromatic nitrogens is 2. The molecule has 27 heavy (non-hydrogen) atoms. The molecule has 0 atom stereocenters. The molecule has 0 saturated heterocycles. The largest absolute Gasteiger partial charge is 0.485 e. The van der Waals surface area contributed by atoms with Crippen molar-refractivity contribution in [2.24, 2.45) is 0 Å². The van der Waals surface area contributed by atoms with Gasteiger partial charge in [0, 0.05) is 13.2 Å². The first-order valence-electron chi connectivity index (χ1n) is 8.67. The van der Waals surface area contributed by atoms with Crippen molar-refractivity contribution >= 4 is 11.0 Å². The molecule has 1 N–H and O–H groups in total. The van der Waals surface area contributed by atoms with E-state index in [1.165, 1.54) is 6.07 Å². The fraction of sp³-hybridized carbons (Fsp3) is 0.350. The van der Waals surface area contributed by atoms with E-state index in [1.807, 2.05) is 32.0 Å². The third-order valence-electron chi connectivity index (χ3n) is 4.38. The summed E-state index contributed by atoms with van der Waals surface area (Å²) in [4.78, 5) is 4.36. The highest BCUT2D eigenvalue weighted by molar-refractivity contribution is 5.77. The van der Waals surface area contributed by atoms with Gasteiger partial charge < -0.3 is 14.4 Å². The first-order valence-corrected chi connectivity index (χ1v) is 8.67. The van der Waals surface area contributed by atoms with Gasteiger partial charge in [-0.25, -0.2) is 4.98 Å². The lowest BCUT2D eigenvalue weighted by Crippen LogP contribution is -2.09. The molecule has 0 unspecified atom stereocenters. The van der Waals surface area contributed by atoms with Crippen LogP contribution in [0.25, 0.3) is 11.0 Å². The summed E-state index contributed by atoms with van der Waals surface area (Å²) in [6.07, 6.45) is -3.94. The van der Waals surface area contributed by atoms with E-state index in [-0.39, 0.29) is 18.7 Å². The fourth-order valence-electron chi connectivity index (χ4n) is 3.05. The SMILES string of the molecule is Cc1ccc(OCc2nc3cc(C(F)(F)F)ccc3n2CCCO)c(C)c1. The van der Waals surface area contributed by atoms with Crippen molar-refractivity contribution in [2.75, 3.05) is 6.61 Å². The Morgan fingerprint density at radius 1 is 1.11 bits per heavy atom. The van der Waals surface area contributed by atoms with Crippen molar-refractivity contribution in [1.29, 1.82) is 0 Å². The molecule has 0 bridgehead atoms. The Kier molecular flexibility index (Phi) is 5.41. The lowest BCUT2D eigenvalue weighted by molar-refractivity contribution is -0.137. The highest BCUT2D eigenvalue weighted by atomic mass is 19.4. The van der Waals surface area contributed by atoms with Gasteiger partial charge in [0.1, 0.15) is 18.2 Å². The monoisotopic (exact) mass is 378 g/mol. The Morgan fingerprint density at radius 3 is 2.56 bits per heavy atom. The van der Waals surface area contributed by atoms with Crippen molar-refractivity contribution in [3.05, 3.63) is 58.9 Å². The molecule has 2 aromatic carbocycles.